The van der Waals surface area contributed by atoms with Gasteiger partial charge in [0.1, 0.15) is 19.0 Å². The molecule has 7 heteroatoms. The molecule has 0 radical (unpaired) electrons. The van der Waals surface area contributed by atoms with E-state index in [1.165, 1.54) is 11.8 Å². The van der Waals surface area contributed by atoms with E-state index < -0.39 is 0 Å². The highest BCUT2D eigenvalue weighted by atomic mass is 32.2. The number of anilines is 1. The van der Waals surface area contributed by atoms with E-state index in [-0.39, 0.29) is 17.2 Å². The van der Waals surface area contributed by atoms with Crippen LogP contribution >= 0.6 is 11.8 Å². The fraction of sp³-hybridized carbons (Fsp3) is 0.412. The van der Waals surface area contributed by atoms with E-state index in [2.05, 4.69) is 10.4 Å². The highest BCUT2D eigenvalue weighted by Gasteiger charge is 2.19. The Morgan fingerprint density at radius 1 is 1.21 bits per heavy atom. The van der Waals surface area contributed by atoms with E-state index in [1.54, 1.807) is 16.9 Å². The first kappa shape index (κ1) is 16.7. The van der Waals surface area contributed by atoms with Crippen LogP contribution in [0.5, 0.6) is 11.5 Å². The van der Waals surface area contributed by atoms with Crippen molar-refractivity contribution >= 4 is 23.5 Å². The van der Waals surface area contributed by atoms with Gasteiger partial charge in [0.15, 0.2) is 11.5 Å². The number of hydrogen-bond acceptors (Lipinski definition) is 5. The Balaban J connectivity index is 1.65. The predicted molar refractivity (Wildman–Crippen MR) is 94.0 cm³/mol. The number of amides is 1. The Morgan fingerprint density at radius 3 is 2.71 bits per heavy atom. The average molecular weight is 347 g/mol. The lowest BCUT2D eigenvalue weighted by Crippen LogP contribution is -2.24. The maximum Gasteiger partial charge on any atom is 0.238 e. The van der Waals surface area contributed by atoms with Gasteiger partial charge in [-0.25, -0.2) is 4.68 Å². The zero-order valence-corrected chi connectivity index (χ0v) is 14.8. The van der Waals surface area contributed by atoms with Crippen LogP contribution in [0.25, 0.3) is 0 Å². The van der Waals surface area contributed by atoms with Crippen molar-refractivity contribution in [3.63, 3.8) is 0 Å². The summed E-state index contributed by atoms with van der Waals surface area (Å²) < 4.78 is 12.9. The van der Waals surface area contributed by atoms with Gasteiger partial charge in [-0.15, -0.1) is 11.8 Å². The Hall–Kier alpha value is -2.15. The second-order valence-electron chi connectivity index (χ2n) is 5.81. The summed E-state index contributed by atoms with van der Waals surface area (Å²) in [5.41, 5.74) is 0. The Kier molecular flexibility index (Phi) is 4.99. The van der Waals surface area contributed by atoms with Crippen molar-refractivity contribution in [2.75, 3.05) is 18.5 Å². The van der Waals surface area contributed by atoms with Gasteiger partial charge < -0.3 is 14.8 Å². The maximum absolute atomic E-state index is 12.4. The Bertz CT molecular complexity index is 730. The van der Waals surface area contributed by atoms with Crippen LogP contribution in [0.15, 0.2) is 35.4 Å². The standard InChI is InChI=1S/C17H21N3O3S/c1-11(2)20-16(6-7-18-20)19-17(21)12(3)24-13-4-5-14-15(10-13)23-9-8-22-14/h4-7,10-12H,8-9H2,1-3H3,(H,19,21). The smallest absolute Gasteiger partial charge is 0.238 e. The molecule has 128 valence electrons. The van der Waals surface area contributed by atoms with Gasteiger partial charge >= 0.3 is 0 Å². The number of carbonyl (C=O) groups excluding carboxylic acids is 1. The fourth-order valence-corrected chi connectivity index (χ4v) is 3.30. The zero-order chi connectivity index (χ0) is 17.1. The van der Waals surface area contributed by atoms with Gasteiger partial charge in [-0.1, -0.05) is 0 Å². The van der Waals surface area contributed by atoms with Crippen LogP contribution in [0.1, 0.15) is 26.8 Å². The minimum absolute atomic E-state index is 0.0581. The van der Waals surface area contributed by atoms with Crippen molar-refractivity contribution in [2.24, 2.45) is 0 Å². The minimum atomic E-state index is -0.247. The van der Waals surface area contributed by atoms with Crippen molar-refractivity contribution in [3.8, 4) is 11.5 Å². The molecule has 6 nitrogen and oxygen atoms in total. The molecule has 1 aliphatic rings. The molecule has 0 spiro atoms. The number of benzene rings is 1. The molecule has 1 aliphatic heterocycles. The summed E-state index contributed by atoms with van der Waals surface area (Å²) in [4.78, 5) is 13.4. The fourth-order valence-electron chi connectivity index (χ4n) is 2.41. The summed E-state index contributed by atoms with van der Waals surface area (Å²) in [6, 6.07) is 7.74. The number of aromatic nitrogens is 2. The van der Waals surface area contributed by atoms with Crippen molar-refractivity contribution in [3.05, 3.63) is 30.5 Å². The van der Waals surface area contributed by atoms with Crippen molar-refractivity contribution < 1.29 is 14.3 Å². The summed E-state index contributed by atoms with van der Waals surface area (Å²) >= 11 is 1.48. The molecular weight excluding hydrogens is 326 g/mol. The van der Waals surface area contributed by atoms with Crippen LogP contribution in [0.3, 0.4) is 0 Å². The van der Waals surface area contributed by atoms with Crippen LogP contribution in [0.2, 0.25) is 0 Å². The highest BCUT2D eigenvalue weighted by Crippen LogP contribution is 2.35. The summed E-state index contributed by atoms with van der Waals surface area (Å²) in [7, 11) is 0. The molecule has 24 heavy (non-hydrogen) atoms. The predicted octanol–water partition coefficient (Wildman–Crippen LogP) is 3.35. The maximum atomic E-state index is 12.4. The molecule has 0 bridgehead atoms. The van der Waals surface area contributed by atoms with Gasteiger partial charge in [-0.2, -0.15) is 5.10 Å². The van der Waals surface area contributed by atoms with Crippen LogP contribution in [0, 0.1) is 0 Å². The first-order valence-electron chi connectivity index (χ1n) is 7.95. The average Bonchev–Trinajstić information content (AvgIpc) is 3.03. The van der Waals surface area contributed by atoms with E-state index >= 15 is 0 Å². The molecule has 0 fully saturated rings. The first-order chi connectivity index (χ1) is 11.5. The molecule has 1 aromatic carbocycles. The molecule has 1 atom stereocenters. The lowest BCUT2D eigenvalue weighted by atomic mass is 10.3. The normalized spacial score (nSPS) is 14.5. The molecule has 2 aromatic rings. The van der Waals surface area contributed by atoms with Gasteiger partial charge in [0, 0.05) is 17.0 Å². The number of rotatable bonds is 5. The van der Waals surface area contributed by atoms with Crippen molar-refractivity contribution in [2.45, 2.75) is 37.0 Å². The summed E-state index contributed by atoms with van der Waals surface area (Å²) in [5, 5.41) is 6.92. The number of ether oxygens (including phenoxy) is 2. The van der Waals surface area contributed by atoms with Gasteiger partial charge in [0.25, 0.3) is 0 Å². The van der Waals surface area contributed by atoms with Crippen molar-refractivity contribution in [1.82, 2.24) is 9.78 Å². The first-order valence-corrected chi connectivity index (χ1v) is 8.83. The number of nitrogens with zero attached hydrogens (tertiary/aromatic N) is 2. The number of carbonyl (C=O) groups is 1. The molecular formula is C17H21N3O3S. The van der Waals surface area contributed by atoms with E-state index in [0.717, 1.165) is 16.4 Å². The lowest BCUT2D eigenvalue weighted by molar-refractivity contribution is -0.115. The van der Waals surface area contributed by atoms with E-state index in [9.17, 15) is 4.79 Å². The Labute approximate surface area is 145 Å². The van der Waals surface area contributed by atoms with Gasteiger partial charge in [0.2, 0.25) is 5.91 Å². The van der Waals surface area contributed by atoms with Crippen LogP contribution < -0.4 is 14.8 Å². The van der Waals surface area contributed by atoms with Crippen LogP contribution in [-0.2, 0) is 4.79 Å². The van der Waals surface area contributed by atoms with Gasteiger partial charge in [-0.3, -0.25) is 4.79 Å². The largest absolute Gasteiger partial charge is 0.486 e. The molecule has 0 saturated carbocycles. The van der Waals surface area contributed by atoms with E-state index in [1.807, 2.05) is 39.0 Å². The zero-order valence-electron chi connectivity index (χ0n) is 14.0. The number of hydrogen-bond donors (Lipinski definition) is 1. The molecule has 2 heterocycles. The second-order valence-corrected chi connectivity index (χ2v) is 7.22. The van der Waals surface area contributed by atoms with Crippen LogP contribution in [0.4, 0.5) is 5.82 Å². The number of thioether (sulfide) groups is 1. The van der Waals surface area contributed by atoms with Gasteiger partial charge in [0.05, 0.1) is 11.4 Å². The third-order valence-corrected chi connectivity index (χ3v) is 4.70. The molecule has 1 unspecified atom stereocenters. The minimum Gasteiger partial charge on any atom is -0.486 e. The molecule has 0 saturated heterocycles. The van der Waals surface area contributed by atoms with E-state index in [0.29, 0.717) is 19.0 Å². The third-order valence-electron chi connectivity index (χ3n) is 3.61. The second kappa shape index (κ2) is 7.17. The topological polar surface area (TPSA) is 65.4 Å². The number of nitrogens with one attached hydrogen (secondary N) is 1. The lowest BCUT2D eigenvalue weighted by Gasteiger charge is -2.19. The quantitative estimate of drug-likeness (QED) is 0.840. The molecule has 0 aliphatic carbocycles. The monoisotopic (exact) mass is 347 g/mol. The summed E-state index contributed by atoms with van der Waals surface area (Å²) in [5.74, 6) is 2.14. The number of fused-ring (bicyclic) bond motifs is 1. The van der Waals surface area contributed by atoms with Crippen molar-refractivity contribution in [1.29, 1.82) is 0 Å². The van der Waals surface area contributed by atoms with Crippen LogP contribution in [-0.4, -0.2) is 34.2 Å². The summed E-state index contributed by atoms with van der Waals surface area (Å²) in [6.45, 7) is 7.05. The molecule has 3 rings (SSSR count). The molecule has 1 amide bonds. The molecule has 1 aromatic heterocycles. The Morgan fingerprint density at radius 2 is 1.96 bits per heavy atom. The third kappa shape index (κ3) is 3.67. The van der Waals surface area contributed by atoms with Gasteiger partial charge in [-0.05, 0) is 39.0 Å². The summed E-state index contributed by atoms with van der Waals surface area (Å²) in [6.07, 6.45) is 1.69. The molecule has 1 N–H and O–H groups in total. The highest BCUT2D eigenvalue weighted by molar-refractivity contribution is 8.00. The SMILES string of the molecule is CC(Sc1ccc2c(c1)OCCO2)C(=O)Nc1ccnn1C(C)C. The van der Waals surface area contributed by atoms with E-state index in [4.69, 9.17) is 9.47 Å².